The quantitative estimate of drug-likeness (QED) is 0.809. The van der Waals surface area contributed by atoms with Gasteiger partial charge < -0.3 is 10.2 Å². The third-order valence-corrected chi connectivity index (χ3v) is 2.88. The van der Waals surface area contributed by atoms with Crippen LogP contribution in [-0.4, -0.2) is 8.32 Å². The molecule has 2 nitrogen and oxygen atoms in total. The van der Waals surface area contributed by atoms with Crippen molar-refractivity contribution in [1.29, 1.82) is 0 Å². The van der Waals surface area contributed by atoms with Crippen LogP contribution in [0.4, 0.5) is 0 Å². The topological polar surface area (TPSA) is 35.2 Å². The fourth-order valence-corrected chi connectivity index (χ4v) is 2.15. The van der Waals surface area contributed by atoms with Gasteiger partial charge in [-0.25, -0.2) is 0 Å². The monoisotopic (exact) mass is 229 g/mol. The van der Waals surface area contributed by atoms with E-state index in [0.717, 1.165) is 11.3 Å². The molecule has 0 aliphatic rings. The van der Waals surface area contributed by atoms with Gasteiger partial charge in [0.05, 0.1) is 0 Å². The van der Waals surface area contributed by atoms with Crippen LogP contribution < -0.4 is 10.2 Å². The molecule has 0 aromatic heterocycles. The van der Waals surface area contributed by atoms with Crippen molar-refractivity contribution < 1.29 is 4.43 Å². The van der Waals surface area contributed by atoms with Gasteiger partial charge in [0, 0.05) is 11.6 Å². The molecule has 0 saturated heterocycles. The summed E-state index contributed by atoms with van der Waals surface area (Å²) >= 11 is 5.94. The lowest BCUT2D eigenvalue weighted by Crippen LogP contribution is -2.29. The van der Waals surface area contributed by atoms with Crippen LogP contribution in [0.1, 0.15) is 5.56 Å². The normalized spacial score (nSPS) is 11.5. The van der Waals surface area contributed by atoms with Crippen molar-refractivity contribution in [3.8, 4) is 5.75 Å². The molecule has 0 bridgehead atoms. The molecule has 1 aromatic rings. The zero-order chi connectivity index (χ0) is 10.8. The average Bonchev–Trinajstić information content (AvgIpc) is 2.06. The minimum Gasteiger partial charge on any atom is -0.544 e. The van der Waals surface area contributed by atoms with Gasteiger partial charge in [-0.3, -0.25) is 0 Å². The maximum Gasteiger partial charge on any atom is 0.242 e. The first-order valence-corrected chi connectivity index (χ1v) is 8.38. The molecule has 0 saturated carbocycles. The molecule has 1 rings (SSSR count). The first-order valence-electron chi connectivity index (χ1n) is 4.60. The van der Waals surface area contributed by atoms with Crippen molar-refractivity contribution in [3.05, 3.63) is 28.8 Å². The maximum absolute atomic E-state index is 5.94. The molecule has 0 fully saturated rings. The predicted octanol–water partition coefficient (Wildman–Crippen LogP) is 3.01. The molecule has 0 unspecified atom stereocenters. The van der Waals surface area contributed by atoms with Crippen molar-refractivity contribution >= 4 is 19.9 Å². The van der Waals surface area contributed by atoms with E-state index in [1.807, 2.05) is 18.2 Å². The van der Waals surface area contributed by atoms with E-state index in [9.17, 15) is 0 Å². The molecule has 14 heavy (non-hydrogen) atoms. The third kappa shape index (κ3) is 3.33. The number of hydrogen-bond acceptors (Lipinski definition) is 2. The Morgan fingerprint density at radius 3 is 2.50 bits per heavy atom. The van der Waals surface area contributed by atoms with Gasteiger partial charge in [0.25, 0.3) is 0 Å². The van der Waals surface area contributed by atoms with Crippen LogP contribution in [0.15, 0.2) is 18.2 Å². The lowest BCUT2D eigenvalue weighted by atomic mass is 10.2. The van der Waals surface area contributed by atoms with E-state index in [-0.39, 0.29) is 0 Å². The standard InChI is InChI=1S/C10H16ClNOSi/c1-14(2,3)13-9-4-5-10(11)8(6-9)7-12/h4-6H,7,12H2,1-3H3. The smallest absolute Gasteiger partial charge is 0.242 e. The summed E-state index contributed by atoms with van der Waals surface area (Å²) in [5.74, 6) is 0.869. The Kier molecular flexibility index (Phi) is 3.58. The Balaban J connectivity index is 2.90. The minimum atomic E-state index is -1.54. The van der Waals surface area contributed by atoms with Gasteiger partial charge in [0.1, 0.15) is 5.75 Å². The van der Waals surface area contributed by atoms with Gasteiger partial charge >= 0.3 is 0 Å². The molecule has 4 heteroatoms. The third-order valence-electron chi connectivity index (χ3n) is 1.66. The zero-order valence-corrected chi connectivity index (χ0v) is 10.6. The van der Waals surface area contributed by atoms with Crippen molar-refractivity contribution in [3.63, 3.8) is 0 Å². The van der Waals surface area contributed by atoms with Crippen LogP contribution in [0.3, 0.4) is 0 Å². The highest BCUT2D eigenvalue weighted by atomic mass is 35.5. The number of rotatable bonds is 3. The molecule has 0 aliphatic carbocycles. The Bertz CT molecular complexity index is 322. The van der Waals surface area contributed by atoms with E-state index in [4.69, 9.17) is 21.8 Å². The van der Waals surface area contributed by atoms with Crippen LogP contribution in [0.2, 0.25) is 24.7 Å². The highest BCUT2D eigenvalue weighted by molar-refractivity contribution is 6.70. The van der Waals surface area contributed by atoms with Gasteiger partial charge in [0.2, 0.25) is 8.32 Å². The predicted molar refractivity (Wildman–Crippen MR) is 63.3 cm³/mol. The van der Waals surface area contributed by atoms with E-state index >= 15 is 0 Å². The van der Waals surface area contributed by atoms with Crippen molar-refractivity contribution in [2.75, 3.05) is 0 Å². The van der Waals surface area contributed by atoms with E-state index < -0.39 is 8.32 Å². The van der Waals surface area contributed by atoms with Gasteiger partial charge in [0.15, 0.2) is 0 Å². The van der Waals surface area contributed by atoms with E-state index in [2.05, 4.69) is 19.6 Å². The fourth-order valence-electron chi connectivity index (χ4n) is 1.12. The summed E-state index contributed by atoms with van der Waals surface area (Å²) in [6, 6.07) is 5.64. The van der Waals surface area contributed by atoms with Crippen LogP contribution in [0.5, 0.6) is 5.75 Å². The summed E-state index contributed by atoms with van der Waals surface area (Å²) in [4.78, 5) is 0. The molecule has 78 valence electrons. The summed E-state index contributed by atoms with van der Waals surface area (Å²) in [7, 11) is -1.54. The second-order valence-electron chi connectivity index (χ2n) is 4.17. The average molecular weight is 230 g/mol. The molecule has 2 N–H and O–H groups in total. The summed E-state index contributed by atoms with van der Waals surface area (Å²) in [5.41, 5.74) is 6.49. The molecular formula is C10H16ClNOSi. The summed E-state index contributed by atoms with van der Waals surface area (Å²) in [6.07, 6.45) is 0. The highest BCUT2D eigenvalue weighted by Crippen LogP contribution is 2.23. The van der Waals surface area contributed by atoms with Gasteiger partial charge in [-0.2, -0.15) is 0 Å². The van der Waals surface area contributed by atoms with Crippen LogP contribution >= 0.6 is 11.6 Å². The Labute approximate surface area is 91.2 Å². The van der Waals surface area contributed by atoms with Gasteiger partial charge in [-0.05, 0) is 43.4 Å². The fraction of sp³-hybridized carbons (Fsp3) is 0.400. The summed E-state index contributed by atoms with van der Waals surface area (Å²) in [6.45, 7) is 6.87. The number of benzene rings is 1. The van der Waals surface area contributed by atoms with Crippen LogP contribution in [0.25, 0.3) is 0 Å². The minimum absolute atomic E-state index is 0.446. The van der Waals surface area contributed by atoms with E-state index in [1.165, 1.54) is 0 Å². The molecule has 0 heterocycles. The molecular weight excluding hydrogens is 214 g/mol. The molecule has 0 amide bonds. The highest BCUT2D eigenvalue weighted by Gasteiger charge is 2.16. The first-order chi connectivity index (χ1) is 6.42. The van der Waals surface area contributed by atoms with E-state index in [0.29, 0.717) is 11.6 Å². The number of nitrogens with two attached hydrogens (primary N) is 1. The second-order valence-corrected chi connectivity index (χ2v) is 9.01. The number of hydrogen-bond donors (Lipinski definition) is 1. The van der Waals surface area contributed by atoms with Crippen LogP contribution in [-0.2, 0) is 6.54 Å². The van der Waals surface area contributed by atoms with Crippen LogP contribution in [0, 0.1) is 0 Å². The van der Waals surface area contributed by atoms with Crippen molar-refractivity contribution in [2.45, 2.75) is 26.2 Å². The van der Waals surface area contributed by atoms with Gasteiger partial charge in [-0.1, -0.05) is 11.6 Å². The molecule has 0 spiro atoms. The lowest BCUT2D eigenvalue weighted by Gasteiger charge is -2.19. The van der Waals surface area contributed by atoms with E-state index in [1.54, 1.807) is 0 Å². The molecule has 1 aromatic carbocycles. The summed E-state index contributed by atoms with van der Waals surface area (Å²) in [5, 5.41) is 0.704. The largest absolute Gasteiger partial charge is 0.544 e. The SMILES string of the molecule is C[Si](C)(C)Oc1ccc(Cl)c(CN)c1. The second kappa shape index (κ2) is 4.34. The molecule has 0 aliphatic heterocycles. The van der Waals surface area contributed by atoms with Crippen molar-refractivity contribution in [2.24, 2.45) is 5.73 Å². The Hall–Kier alpha value is -0.513. The molecule has 0 atom stereocenters. The zero-order valence-electron chi connectivity index (χ0n) is 8.80. The van der Waals surface area contributed by atoms with Gasteiger partial charge in [-0.15, -0.1) is 0 Å². The number of halogens is 1. The summed E-state index contributed by atoms with van der Waals surface area (Å²) < 4.78 is 5.82. The Morgan fingerprint density at radius 1 is 1.36 bits per heavy atom. The molecule has 0 radical (unpaired) electrons. The lowest BCUT2D eigenvalue weighted by molar-refractivity contribution is 0.557. The van der Waals surface area contributed by atoms with Crippen molar-refractivity contribution in [1.82, 2.24) is 0 Å². The Morgan fingerprint density at radius 2 is 2.00 bits per heavy atom. The first kappa shape index (κ1) is 11.6. The maximum atomic E-state index is 5.94.